The molecule has 0 amide bonds. The van der Waals surface area contributed by atoms with Crippen LogP contribution in [-0.2, 0) is 6.42 Å². The summed E-state index contributed by atoms with van der Waals surface area (Å²) in [5, 5.41) is 18.8. The fourth-order valence-electron chi connectivity index (χ4n) is 2.73. The molecule has 216 valence electrons. The Bertz CT molecular complexity index is 934. The Morgan fingerprint density at radius 3 is 1.57 bits per heavy atom. The number of hydrogen-bond acceptors (Lipinski definition) is 4. The summed E-state index contributed by atoms with van der Waals surface area (Å²) in [6.07, 6.45) is -14.5. The van der Waals surface area contributed by atoms with Crippen LogP contribution in [0.4, 0.5) is 65.9 Å². The van der Waals surface area contributed by atoms with Crippen molar-refractivity contribution >= 4 is 0 Å². The van der Waals surface area contributed by atoms with Crippen LogP contribution in [0.2, 0.25) is 0 Å². The number of nitrogens with zero attached hydrogens (tertiary/aromatic N) is 1. The van der Waals surface area contributed by atoms with Crippen LogP contribution in [0.15, 0.2) is 18.2 Å². The quantitative estimate of drug-likeness (QED) is 0.124. The number of halogens is 15. The molecular weight excluding hydrogens is 561 g/mol. The number of nitrogens with two attached hydrogens (primary N) is 1. The maximum Gasteiger partial charge on any atom is 0.460 e. The molecule has 37 heavy (non-hydrogen) atoms. The third-order valence-electron chi connectivity index (χ3n) is 5.01. The SMILES string of the molecule is NN(CCc1ccc(O)c(O)c1)CCC(F)(F)C(F)(F)C(F)(F)CC(F)(F)C(F)(F)C(F)(F)C(F)(F)F. The number of hydrogen-bond donors (Lipinski definition) is 3. The lowest BCUT2D eigenvalue weighted by molar-refractivity contribution is -0.408. The predicted octanol–water partition coefficient (Wildman–Crippen LogP) is 5.97. The van der Waals surface area contributed by atoms with Crippen LogP contribution in [-0.4, -0.2) is 70.0 Å². The Morgan fingerprint density at radius 1 is 0.622 bits per heavy atom. The lowest BCUT2D eigenvalue weighted by Crippen LogP contribution is -2.64. The van der Waals surface area contributed by atoms with E-state index in [1.807, 2.05) is 0 Å². The van der Waals surface area contributed by atoms with Gasteiger partial charge in [-0.2, -0.15) is 65.9 Å². The zero-order valence-electron chi connectivity index (χ0n) is 17.9. The van der Waals surface area contributed by atoms with Crippen LogP contribution < -0.4 is 5.84 Å². The highest BCUT2D eigenvalue weighted by atomic mass is 19.4. The number of phenols is 2. The molecule has 1 aromatic rings. The normalized spacial score (nSPS) is 14.9. The highest BCUT2D eigenvalue weighted by Gasteiger charge is 2.84. The Hall–Kier alpha value is -2.31. The minimum Gasteiger partial charge on any atom is -0.504 e. The van der Waals surface area contributed by atoms with Crippen LogP contribution in [0.5, 0.6) is 11.5 Å². The van der Waals surface area contributed by atoms with E-state index in [1.165, 1.54) is 6.07 Å². The molecule has 0 heterocycles. The highest BCUT2D eigenvalue weighted by Crippen LogP contribution is 2.58. The number of aromatic hydroxyl groups is 2. The molecule has 0 spiro atoms. The van der Waals surface area contributed by atoms with Crippen molar-refractivity contribution in [3.05, 3.63) is 23.8 Å². The molecule has 19 heteroatoms. The van der Waals surface area contributed by atoms with Crippen molar-refractivity contribution in [1.29, 1.82) is 0 Å². The number of rotatable bonds is 12. The number of hydrazine groups is 1. The largest absolute Gasteiger partial charge is 0.504 e. The summed E-state index contributed by atoms with van der Waals surface area (Å²) in [7, 11) is 0. The van der Waals surface area contributed by atoms with E-state index in [1.54, 1.807) is 0 Å². The molecular formula is C18H17F15N2O2. The topological polar surface area (TPSA) is 69.7 Å². The van der Waals surface area contributed by atoms with Crippen molar-refractivity contribution in [3.8, 4) is 11.5 Å². The molecule has 0 aliphatic heterocycles. The van der Waals surface area contributed by atoms with Crippen molar-refractivity contribution < 1.29 is 76.1 Å². The third kappa shape index (κ3) is 6.40. The average molecular weight is 578 g/mol. The molecule has 0 aliphatic carbocycles. The van der Waals surface area contributed by atoms with Crippen LogP contribution >= 0.6 is 0 Å². The van der Waals surface area contributed by atoms with E-state index >= 15 is 0 Å². The maximum absolute atomic E-state index is 13.9. The van der Waals surface area contributed by atoms with Crippen LogP contribution in [0.1, 0.15) is 18.4 Å². The minimum atomic E-state index is -7.72. The molecule has 0 unspecified atom stereocenters. The molecule has 0 saturated carbocycles. The van der Waals surface area contributed by atoms with Crippen molar-refractivity contribution in [2.45, 2.75) is 61.0 Å². The number of alkyl halides is 15. The Balaban J connectivity index is 2.99. The summed E-state index contributed by atoms with van der Waals surface area (Å²) >= 11 is 0. The smallest absolute Gasteiger partial charge is 0.460 e. The summed E-state index contributed by atoms with van der Waals surface area (Å²) in [5.41, 5.74) is 0.216. The van der Waals surface area contributed by atoms with Gasteiger partial charge in [0.2, 0.25) is 0 Å². The lowest BCUT2D eigenvalue weighted by Gasteiger charge is -2.38. The van der Waals surface area contributed by atoms with Gasteiger partial charge in [-0.05, 0) is 24.1 Å². The Morgan fingerprint density at radius 2 is 1.11 bits per heavy atom. The number of benzene rings is 1. The molecule has 0 aromatic heterocycles. The monoisotopic (exact) mass is 578 g/mol. The van der Waals surface area contributed by atoms with E-state index in [2.05, 4.69) is 0 Å². The van der Waals surface area contributed by atoms with E-state index in [-0.39, 0.29) is 12.0 Å². The molecule has 0 fully saturated rings. The first-order valence-corrected chi connectivity index (χ1v) is 9.57. The number of phenolic OH excluding ortho intramolecular Hbond substituents is 2. The Kier molecular flexibility index (Phi) is 8.94. The van der Waals surface area contributed by atoms with Crippen molar-refractivity contribution in [2.24, 2.45) is 5.84 Å². The van der Waals surface area contributed by atoms with Gasteiger partial charge in [0.05, 0.1) is 6.42 Å². The summed E-state index contributed by atoms with van der Waals surface area (Å²) in [6, 6.07) is 3.21. The van der Waals surface area contributed by atoms with E-state index in [0.29, 0.717) is 5.01 Å². The predicted molar refractivity (Wildman–Crippen MR) is 94.2 cm³/mol. The van der Waals surface area contributed by atoms with Crippen molar-refractivity contribution in [2.75, 3.05) is 13.1 Å². The molecule has 4 nitrogen and oxygen atoms in total. The molecule has 1 rings (SSSR count). The first-order chi connectivity index (χ1) is 16.2. The van der Waals surface area contributed by atoms with Crippen LogP contribution in [0.25, 0.3) is 0 Å². The fraction of sp³-hybridized carbons (Fsp3) is 0.667. The second-order valence-corrected chi connectivity index (χ2v) is 7.87. The standard InChI is InChI=1S/C18H17F15N2O2/c19-12(20,4-6-35(34)5-3-9-1-2-10(36)11(37)7-9)15(25,26)13(21,22)8-14(23,24)16(27,28)17(29,30)18(31,32)33/h1-2,7,36-37H,3-6,8,34H2. The molecule has 0 saturated heterocycles. The van der Waals surface area contributed by atoms with Gasteiger partial charge in [0, 0.05) is 19.5 Å². The molecule has 1 aromatic carbocycles. The maximum atomic E-state index is 13.9. The summed E-state index contributed by atoms with van der Waals surface area (Å²) in [5.74, 6) is -38.4. The second-order valence-electron chi connectivity index (χ2n) is 7.87. The van der Waals surface area contributed by atoms with Gasteiger partial charge in [-0.1, -0.05) is 6.07 Å². The first-order valence-electron chi connectivity index (χ1n) is 9.57. The zero-order chi connectivity index (χ0) is 29.5. The van der Waals surface area contributed by atoms with Gasteiger partial charge < -0.3 is 10.2 Å². The van der Waals surface area contributed by atoms with Gasteiger partial charge in [0.1, 0.15) is 0 Å². The fourth-order valence-corrected chi connectivity index (χ4v) is 2.73. The van der Waals surface area contributed by atoms with Gasteiger partial charge >= 0.3 is 41.7 Å². The Labute approximate surface area is 197 Å². The van der Waals surface area contributed by atoms with Gasteiger partial charge in [-0.3, -0.25) is 5.84 Å². The van der Waals surface area contributed by atoms with E-state index in [4.69, 9.17) is 10.9 Å². The van der Waals surface area contributed by atoms with Crippen LogP contribution in [0, 0.1) is 0 Å². The summed E-state index contributed by atoms with van der Waals surface area (Å²) < 4.78 is 198. The first kappa shape index (κ1) is 32.7. The minimum absolute atomic E-state index is 0.197. The van der Waals surface area contributed by atoms with Gasteiger partial charge in [-0.15, -0.1) is 0 Å². The van der Waals surface area contributed by atoms with Gasteiger partial charge in [-0.25, -0.2) is 5.01 Å². The zero-order valence-corrected chi connectivity index (χ0v) is 17.9. The second kappa shape index (κ2) is 10.1. The molecule has 0 bridgehead atoms. The average Bonchev–Trinajstić information content (AvgIpc) is 2.71. The third-order valence-corrected chi connectivity index (χ3v) is 5.01. The van der Waals surface area contributed by atoms with E-state index in [0.717, 1.165) is 12.1 Å². The molecule has 4 N–H and O–H groups in total. The summed E-state index contributed by atoms with van der Waals surface area (Å²) in [4.78, 5) is 0. The van der Waals surface area contributed by atoms with E-state index in [9.17, 15) is 71.0 Å². The van der Waals surface area contributed by atoms with Gasteiger partial charge in [0.25, 0.3) is 0 Å². The van der Waals surface area contributed by atoms with E-state index < -0.39 is 79.1 Å². The van der Waals surface area contributed by atoms with Crippen LogP contribution in [0.3, 0.4) is 0 Å². The summed E-state index contributed by atoms with van der Waals surface area (Å²) in [6.45, 7) is -1.83. The lowest BCUT2D eigenvalue weighted by atomic mass is 9.92. The van der Waals surface area contributed by atoms with Gasteiger partial charge in [0.15, 0.2) is 11.5 Å². The molecule has 0 atom stereocenters. The highest BCUT2D eigenvalue weighted by molar-refractivity contribution is 5.40. The van der Waals surface area contributed by atoms with Crippen molar-refractivity contribution in [3.63, 3.8) is 0 Å². The van der Waals surface area contributed by atoms with Crippen molar-refractivity contribution in [1.82, 2.24) is 5.01 Å². The molecule has 0 aliphatic rings. The molecule has 0 radical (unpaired) electrons.